The second-order valence-corrected chi connectivity index (χ2v) is 27.7. The van der Waals surface area contributed by atoms with Gasteiger partial charge in [-0.3, -0.25) is 4.57 Å². The van der Waals surface area contributed by atoms with Crippen LogP contribution in [0.2, 0.25) is 0 Å². The van der Waals surface area contributed by atoms with Crippen molar-refractivity contribution in [3.05, 3.63) is 308 Å². The van der Waals surface area contributed by atoms with Crippen molar-refractivity contribution in [3.63, 3.8) is 0 Å². The minimum absolute atomic E-state index is 0. The van der Waals surface area contributed by atoms with Gasteiger partial charge in [-0.2, -0.15) is 18.2 Å². The van der Waals surface area contributed by atoms with Gasteiger partial charge in [0.15, 0.2) is 8.07 Å². The third kappa shape index (κ3) is 10.1. The first kappa shape index (κ1) is 35.1. The number of hydrogen-bond acceptors (Lipinski definition) is 2. The number of nitrogens with zero attached hydrogens (tertiary/aromatic N) is 4. The number of para-hydroxylation sites is 2. The van der Waals surface area contributed by atoms with E-state index in [1.54, 1.807) is 30.5 Å². The van der Waals surface area contributed by atoms with E-state index in [0.717, 1.165) is 21.9 Å². The van der Waals surface area contributed by atoms with Gasteiger partial charge in [-0.25, -0.2) is 4.98 Å². The Kier molecular flexibility index (Phi) is 8.91. The molecule has 7 heteroatoms. The van der Waals surface area contributed by atoms with E-state index >= 15 is 0 Å². The minimum Gasteiger partial charge on any atom is -0.510 e. The number of fused-ring (bicyclic) bond motifs is 5. The third-order valence-corrected chi connectivity index (χ3v) is 20.5. The van der Waals surface area contributed by atoms with Crippen molar-refractivity contribution in [2.45, 2.75) is 71.1 Å². The van der Waals surface area contributed by atoms with Crippen molar-refractivity contribution in [2.75, 3.05) is 0 Å². The Morgan fingerprint density at radius 3 is 1.83 bits per heavy atom. The van der Waals surface area contributed by atoms with Crippen LogP contribution in [0.3, 0.4) is 0 Å². The average molecular weight is 1390 g/mol. The second-order valence-electron chi connectivity index (χ2n) is 24.2. The summed E-state index contributed by atoms with van der Waals surface area (Å²) in [5, 5.41) is -2.54. The Bertz CT molecular complexity index is 6430. The van der Waals surface area contributed by atoms with Crippen LogP contribution in [0.15, 0.2) is 272 Å². The summed E-state index contributed by atoms with van der Waals surface area (Å²) in [5.41, 5.74) is -0.0954. The van der Waals surface area contributed by atoms with E-state index in [-0.39, 0.29) is 100 Å². The van der Waals surface area contributed by atoms with Crippen LogP contribution in [0.4, 0.5) is 0 Å². The number of aromatic nitrogens is 4. The van der Waals surface area contributed by atoms with E-state index in [1.807, 2.05) is 74.7 Å². The number of rotatable bonds is 12. The molecule has 5 nitrogen and oxygen atoms in total. The normalized spacial score (nSPS) is 17.7. The molecule has 0 bridgehead atoms. The van der Waals surface area contributed by atoms with Gasteiger partial charge in [0.2, 0.25) is 0 Å². The Morgan fingerprint density at radius 1 is 0.533 bits per heavy atom. The molecule has 1 aliphatic rings. The van der Waals surface area contributed by atoms with Gasteiger partial charge in [-0.05, 0) is 129 Å². The van der Waals surface area contributed by atoms with Crippen LogP contribution in [0.25, 0.3) is 83.4 Å². The van der Waals surface area contributed by atoms with Crippen LogP contribution in [-0.4, -0.2) is 22.2 Å². The first-order valence-electron chi connectivity index (χ1n) is 42.3. The molecule has 0 radical (unpaired) electrons. The van der Waals surface area contributed by atoms with E-state index in [1.165, 1.54) is 45.5 Å². The summed E-state index contributed by atoms with van der Waals surface area (Å²) >= 11 is 0. The molecule has 15 rings (SSSR count). The summed E-state index contributed by atoms with van der Waals surface area (Å²) in [6.07, 6.45) is 5.58. The summed E-state index contributed by atoms with van der Waals surface area (Å²) in [6.45, 7) is 13.9. The SMILES string of the molecule is [2H]c1c([2H])c([2H])c(-c2ccc3c(c2)n(-c2[c-]c(Oc4[c-]c5c(cc4)c4ccccc4n5-c4cc(C(C)(C)C)ccn4)ccc2)[c-][n+]3-c2c(-c3c([2H])c([2H])c4c(c3[2H])C(C)(C)CC4(C)C)cccc2-c2c([2H])c([2H])c([2H])c([Si](c3c([2H])c([2H])c([2H])c([2H])c3[2H])(c3c([2H])c([2H])c([2H])c([2H])c3[2H])c3c([2H])c([2H])c([2H])c([2H])c3[2H])c2[2H])c([2H])c1[2H].[Pt]. The van der Waals surface area contributed by atoms with Gasteiger partial charge >= 0.3 is 0 Å². The number of imidazole rings is 1. The van der Waals surface area contributed by atoms with Crippen LogP contribution < -0.4 is 30.1 Å². The molecule has 0 amide bonds. The van der Waals surface area contributed by atoms with Crippen molar-refractivity contribution in [1.29, 1.82) is 0 Å². The molecule has 1 aliphatic carbocycles. The molecule has 11 aromatic carbocycles. The molecule has 0 fully saturated rings. The van der Waals surface area contributed by atoms with Crippen LogP contribution in [-0.2, 0) is 37.3 Å². The van der Waals surface area contributed by atoms with Gasteiger partial charge in [0.25, 0.3) is 6.33 Å². The van der Waals surface area contributed by atoms with Crippen molar-refractivity contribution < 1.29 is 67.4 Å². The first-order valence-corrected chi connectivity index (χ1v) is 30.8. The standard InChI is InChI=1S/C83H68N4OSi.Pt/c1-81(2,3)61-47-48-84-79(52-61)87-75-40-21-20-37-71(75)72-44-43-64(54-77(72)87)88-63-29-23-28-62(53-63)85-56-86(76-46-42-58(51-78(76)85)57-25-12-8-13-26-57)80-69(38-24-39-70(80)60-41-45-73-74(50-60)83(6,7)55-82(73,4)5)59-27-22-36-68(49-59)89(65-30-14-9-15-31-65,66-32-16-10-17-33-66)67-34-18-11-19-35-67;/h8-52H,55H2,1-7H3;/q-2;/i8D,9D,10D,11D,12D,13D,14D,15D,16D,17D,18D,19D,22D,25D,26D,27D,30D,31D,32D,33D,34D,35D,36D,41D,45D,49D,50D;. The quantitative estimate of drug-likeness (QED) is 0.0529. The average Bonchev–Trinajstić information content (AvgIpc) is 1.60. The Morgan fingerprint density at radius 2 is 1.14 bits per heavy atom. The first-order chi connectivity index (χ1) is 54.4. The van der Waals surface area contributed by atoms with Gasteiger partial charge in [-0.1, -0.05) is 266 Å². The maximum atomic E-state index is 11.1. The molecule has 0 atom stereocenters. The largest absolute Gasteiger partial charge is 0.510 e. The molecule has 0 saturated carbocycles. The molecule has 0 spiro atoms. The number of pyridine rings is 1. The van der Waals surface area contributed by atoms with E-state index in [9.17, 15) is 28.8 Å². The smallest absolute Gasteiger partial charge is 0.268 e. The molecule has 0 N–H and O–H groups in total. The van der Waals surface area contributed by atoms with Gasteiger partial charge in [0.1, 0.15) is 5.82 Å². The third-order valence-electron chi connectivity index (χ3n) is 16.5. The zero-order chi connectivity index (χ0) is 84.1. The Hall–Kier alpha value is -9.45. The molecule has 0 aliphatic heterocycles. The second kappa shape index (κ2) is 22.9. The molecule has 0 saturated heterocycles. The summed E-state index contributed by atoms with van der Waals surface area (Å²) in [5.74, 6) is 0.949. The minimum atomic E-state index is -6.47. The predicted octanol–water partition coefficient (Wildman–Crippen LogP) is 17.2. The van der Waals surface area contributed by atoms with Crippen molar-refractivity contribution in [2.24, 2.45) is 0 Å². The molecule has 14 aromatic rings. The van der Waals surface area contributed by atoms with Gasteiger partial charge in [0, 0.05) is 44.3 Å². The van der Waals surface area contributed by atoms with E-state index in [2.05, 4.69) is 39.2 Å². The topological polar surface area (TPSA) is 35.9 Å². The summed E-state index contributed by atoms with van der Waals surface area (Å²) in [4.78, 5) is 4.83. The van der Waals surface area contributed by atoms with Gasteiger partial charge in [-0.15, -0.1) is 29.7 Å². The zero-order valence-electron chi connectivity index (χ0n) is 76.6. The van der Waals surface area contributed by atoms with Crippen LogP contribution >= 0.6 is 0 Å². The summed E-state index contributed by atoms with van der Waals surface area (Å²) in [6, 6.07) is 9.80. The number of ether oxygens (including phenoxy) is 1. The van der Waals surface area contributed by atoms with Crippen LogP contribution in [0.5, 0.6) is 11.5 Å². The maximum absolute atomic E-state index is 11.1. The van der Waals surface area contributed by atoms with Crippen molar-refractivity contribution >= 4 is 61.7 Å². The molecule has 0 unspecified atom stereocenters. The number of benzene rings is 11. The molecule has 442 valence electrons. The Balaban J connectivity index is 0.0000113. The Labute approximate surface area is 581 Å². The maximum Gasteiger partial charge on any atom is 0.268 e. The van der Waals surface area contributed by atoms with E-state index in [0.29, 0.717) is 28.9 Å². The van der Waals surface area contributed by atoms with Crippen LogP contribution in [0.1, 0.15) is 109 Å². The summed E-state index contributed by atoms with van der Waals surface area (Å²) in [7, 11) is -6.47. The van der Waals surface area contributed by atoms with Crippen molar-refractivity contribution in [1.82, 2.24) is 14.1 Å². The van der Waals surface area contributed by atoms with Gasteiger partial charge < -0.3 is 13.9 Å². The number of hydrogen-bond donors (Lipinski definition) is 0. The predicted molar refractivity (Wildman–Crippen MR) is 369 cm³/mol. The molecule has 3 aromatic heterocycles. The molecule has 3 heterocycles. The fraction of sp³-hybridized carbons (Fsp3) is 0.133. The van der Waals surface area contributed by atoms with E-state index < -0.39 is 196 Å². The van der Waals surface area contributed by atoms with Gasteiger partial charge in [0.05, 0.1) is 53.7 Å². The molecule has 90 heavy (non-hydrogen) atoms. The zero-order valence-corrected chi connectivity index (χ0v) is 52.9. The van der Waals surface area contributed by atoms with Crippen molar-refractivity contribution in [3.8, 4) is 62.1 Å². The summed E-state index contributed by atoms with van der Waals surface area (Å²) < 4.78 is 270. The fourth-order valence-corrected chi connectivity index (χ4v) is 16.2. The molecular formula is C83H68N4OPtSi-2. The molecular weight excluding hydrogens is 1290 g/mol. The fourth-order valence-electron chi connectivity index (χ4n) is 12.7. The monoisotopic (exact) mass is 1390 g/mol. The van der Waals surface area contributed by atoms with E-state index in [4.69, 9.17) is 17.9 Å². The van der Waals surface area contributed by atoms with Crippen LogP contribution in [0, 0.1) is 18.5 Å².